The number of thiocarbonyl (C=S) groups is 1. The Morgan fingerprint density at radius 1 is 1.08 bits per heavy atom. The molecule has 3 rings (SSSR count). The molecule has 1 heterocycles. The molecule has 130 valence electrons. The number of amides is 1. The normalized spacial score (nSPS) is 17.3. The molecule has 2 nitrogen and oxygen atoms in total. The summed E-state index contributed by atoms with van der Waals surface area (Å²) >= 11 is 8.71. The summed E-state index contributed by atoms with van der Waals surface area (Å²) in [5.74, 6) is 0.164. The van der Waals surface area contributed by atoms with Gasteiger partial charge in [0.15, 0.2) is 0 Å². The highest BCUT2D eigenvalue weighted by Crippen LogP contribution is 2.30. The number of aryl methyl sites for hydroxylation is 1. The van der Waals surface area contributed by atoms with Gasteiger partial charge in [0, 0.05) is 11.4 Å². The number of nitrogens with zero attached hydrogens (tertiary/aromatic N) is 1. The van der Waals surface area contributed by atoms with Crippen LogP contribution in [0.5, 0.6) is 0 Å². The number of carbonyl (C=O) groups is 1. The maximum absolute atomic E-state index is 12.7. The number of hydrogen-bond donors (Lipinski definition) is 0. The van der Waals surface area contributed by atoms with Crippen molar-refractivity contribution in [2.75, 3.05) is 12.8 Å². The van der Waals surface area contributed by atoms with Gasteiger partial charge in [-0.05, 0) is 48.8 Å². The summed E-state index contributed by atoms with van der Waals surface area (Å²) in [4.78, 5) is 15.7. The van der Waals surface area contributed by atoms with Gasteiger partial charge in [0.25, 0.3) is 0 Å². The Hall–Kier alpha value is -1.30. The number of benzene rings is 2. The third-order valence-corrected chi connectivity index (χ3v) is 6.60. The molecule has 25 heavy (non-hydrogen) atoms. The van der Waals surface area contributed by atoms with Crippen LogP contribution < -0.4 is 0 Å². The molecule has 1 saturated heterocycles. The molecule has 1 aliphatic heterocycles. The number of thioether (sulfide) groups is 2. The minimum absolute atomic E-state index is 0.0793. The summed E-state index contributed by atoms with van der Waals surface area (Å²) in [6, 6.07) is 18.8. The van der Waals surface area contributed by atoms with E-state index in [-0.39, 0.29) is 11.2 Å². The van der Waals surface area contributed by atoms with Gasteiger partial charge >= 0.3 is 0 Å². The average molecular weight is 388 g/mol. The summed E-state index contributed by atoms with van der Waals surface area (Å²) in [5, 5.41) is -0.0793. The van der Waals surface area contributed by atoms with Crippen LogP contribution in [0.2, 0.25) is 0 Å². The monoisotopic (exact) mass is 387 g/mol. The highest BCUT2D eigenvalue weighted by atomic mass is 32.2. The fourth-order valence-corrected chi connectivity index (χ4v) is 4.89. The standard InChI is InChI=1S/C20H21NOS3/c1-24-17-11-9-16(10-12-17)14-18-19(22)21(20(23)25-18)13-5-8-15-6-3-2-4-7-15/h2-4,6-7,9-12,18H,5,8,13-14H2,1H3/t18-/m1/s1. The molecular weight excluding hydrogens is 366 g/mol. The van der Waals surface area contributed by atoms with E-state index < -0.39 is 0 Å². The molecule has 0 saturated carbocycles. The van der Waals surface area contributed by atoms with Gasteiger partial charge < -0.3 is 0 Å². The van der Waals surface area contributed by atoms with E-state index >= 15 is 0 Å². The second-order valence-corrected chi connectivity index (χ2v) is 8.72. The van der Waals surface area contributed by atoms with Gasteiger partial charge in [0.1, 0.15) is 4.32 Å². The molecule has 1 atom stereocenters. The number of rotatable bonds is 7. The molecule has 0 radical (unpaired) electrons. The molecular formula is C20H21NOS3. The first-order valence-corrected chi connectivity index (χ1v) is 10.9. The van der Waals surface area contributed by atoms with Crippen LogP contribution in [-0.4, -0.2) is 33.2 Å². The van der Waals surface area contributed by atoms with Crippen LogP contribution in [0.1, 0.15) is 17.5 Å². The highest BCUT2D eigenvalue weighted by Gasteiger charge is 2.36. The van der Waals surface area contributed by atoms with Crippen molar-refractivity contribution in [2.24, 2.45) is 0 Å². The molecule has 0 unspecified atom stereocenters. The zero-order valence-electron chi connectivity index (χ0n) is 14.2. The smallest absolute Gasteiger partial charge is 0.241 e. The molecule has 5 heteroatoms. The third-order valence-electron chi connectivity index (χ3n) is 4.28. The number of hydrogen-bond acceptors (Lipinski definition) is 4. The maximum Gasteiger partial charge on any atom is 0.241 e. The fraction of sp³-hybridized carbons (Fsp3) is 0.300. The van der Waals surface area contributed by atoms with Crippen LogP contribution in [0.25, 0.3) is 0 Å². The largest absolute Gasteiger partial charge is 0.297 e. The van der Waals surface area contributed by atoms with Gasteiger partial charge in [0.2, 0.25) is 5.91 Å². The summed E-state index contributed by atoms with van der Waals surface area (Å²) in [6.07, 6.45) is 4.72. The van der Waals surface area contributed by atoms with Crippen molar-refractivity contribution in [2.45, 2.75) is 29.4 Å². The van der Waals surface area contributed by atoms with Gasteiger partial charge in [0.05, 0.1) is 5.25 Å². The Labute approximate surface area is 163 Å². The lowest BCUT2D eigenvalue weighted by atomic mass is 10.1. The van der Waals surface area contributed by atoms with Crippen molar-refractivity contribution in [3.63, 3.8) is 0 Å². The van der Waals surface area contributed by atoms with Gasteiger partial charge in [-0.15, -0.1) is 11.8 Å². The van der Waals surface area contributed by atoms with Crippen LogP contribution in [0.3, 0.4) is 0 Å². The highest BCUT2D eigenvalue weighted by molar-refractivity contribution is 8.24. The summed E-state index contributed by atoms with van der Waals surface area (Å²) in [7, 11) is 0. The van der Waals surface area contributed by atoms with E-state index in [1.807, 2.05) is 6.07 Å². The first kappa shape index (κ1) is 18.5. The van der Waals surface area contributed by atoms with Crippen molar-refractivity contribution in [1.29, 1.82) is 0 Å². The average Bonchev–Trinajstić information content (AvgIpc) is 2.90. The van der Waals surface area contributed by atoms with E-state index in [4.69, 9.17) is 12.2 Å². The molecule has 0 bridgehead atoms. The predicted octanol–water partition coefficient (Wildman–Crippen LogP) is 4.81. The molecule has 1 aliphatic rings. The van der Waals surface area contributed by atoms with E-state index in [1.165, 1.54) is 27.8 Å². The summed E-state index contributed by atoms with van der Waals surface area (Å²) < 4.78 is 0.726. The predicted molar refractivity (Wildman–Crippen MR) is 112 cm³/mol. The molecule has 0 aliphatic carbocycles. The van der Waals surface area contributed by atoms with Crippen LogP contribution >= 0.6 is 35.7 Å². The van der Waals surface area contributed by atoms with Gasteiger partial charge in [-0.25, -0.2) is 0 Å². The Morgan fingerprint density at radius 2 is 1.80 bits per heavy atom. The summed E-state index contributed by atoms with van der Waals surface area (Å²) in [6.45, 7) is 0.710. The topological polar surface area (TPSA) is 20.3 Å². The Morgan fingerprint density at radius 3 is 2.48 bits per heavy atom. The second kappa shape index (κ2) is 8.88. The lowest BCUT2D eigenvalue weighted by Gasteiger charge is -2.15. The van der Waals surface area contributed by atoms with E-state index in [2.05, 4.69) is 54.8 Å². The maximum atomic E-state index is 12.7. The van der Waals surface area contributed by atoms with Crippen LogP contribution in [0.4, 0.5) is 0 Å². The molecule has 0 spiro atoms. The van der Waals surface area contributed by atoms with Crippen molar-refractivity contribution in [3.05, 3.63) is 65.7 Å². The zero-order valence-corrected chi connectivity index (χ0v) is 16.6. The van der Waals surface area contributed by atoms with E-state index in [0.29, 0.717) is 6.54 Å². The van der Waals surface area contributed by atoms with Crippen molar-refractivity contribution >= 4 is 46.0 Å². The van der Waals surface area contributed by atoms with E-state index in [9.17, 15) is 4.79 Å². The minimum atomic E-state index is -0.0793. The molecule has 1 fully saturated rings. The Kier molecular flexibility index (Phi) is 6.57. The third kappa shape index (κ3) is 4.87. The first-order valence-electron chi connectivity index (χ1n) is 8.36. The van der Waals surface area contributed by atoms with Crippen LogP contribution in [0, 0.1) is 0 Å². The quantitative estimate of drug-likeness (QED) is 0.501. The lowest BCUT2D eigenvalue weighted by Crippen LogP contribution is -2.33. The number of carbonyl (C=O) groups excluding carboxylic acids is 1. The molecule has 0 N–H and O–H groups in total. The summed E-state index contributed by atoms with van der Waals surface area (Å²) in [5.41, 5.74) is 2.50. The first-order chi connectivity index (χ1) is 12.2. The second-order valence-electron chi connectivity index (χ2n) is 6.00. The van der Waals surface area contributed by atoms with Crippen molar-refractivity contribution < 1.29 is 4.79 Å². The molecule has 0 aromatic heterocycles. The van der Waals surface area contributed by atoms with Crippen molar-refractivity contribution in [1.82, 2.24) is 4.90 Å². The molecule has 2 aromatic carbocycles. The Bertz CT molecular complexity index is 730. The zero-order chi connectivity index (χ0) is 17.6. The van der Waals surface area contributed by atoms with E-state index in [1.54, 1.807) is 16.7 Å². The minimum Gasteiger partial charge on any atom is -0.297 e. The van der Waals surface area contributed by atoms with E-state index in [0.717, 1.165) is 23.6 Å². The van der Waals surface area contributed by atoms with Gasteiger partial charge in [-0.3, -0.25) is 9.69 Å². The fourth-order valence-electron chi connectivity index (χ4n) is 2.89. The van der Waals surface area contributed by atoms with Gasteiger partial charge in [-0.1, -0.05) is 66.4 Å². The Balaban J connectivity index is 1.54. The molecule has 1 amide bonds. The molecule has 2 aromatic rings. The van der Waals surface area contributed by atoms with Crippen LogP contribution in [0.15, 0.2) is 59.5 Å². The van der Waals surface area contributed by atoms with Crippen LogP contribution in [-0.2, 0) is 17.6 Å². The SMILES string of the molecule is CSc1ccc(C[C@H]2SC(=S)N(CCCc3ccccc3)C2=O)cc1. The van der Waals surface area contributed by atoms with Gasteiger partial charge in [-0.2, -0.15) is 0 Å². The van der Waals surface area contributed by atoms with Crippen molar-refractivity contribution in [3.8, 4) is 0 Å². The lowest BCUT2D eigenvalue weighted by molar-refractivity contribution is -0.126.